The van der Waals surface area contributed by atoms with Crippen molar-refractivity contribution in [1.82, 2.24) is 9.80 Å². The fourth-order valence-electron chi connectivity index (χ4n) is 3.16. The van der Waals surface area contributed by atoms with E-state index < -0.39 is 17.7 Å². The van der Waals surface area contributed by atoms with Gasteiger partial charge in [-0.25, -0.2) is 0 Å². The molecule has 1 amide bonds. The van der Waals surface area contributed by atoms with E-state index >= 15 is 0 Å². The first-order valence-electron chi connectivity index (χ1n) is 8.52. The number of ketones is 1. The molecule has 0 spiro atoms. The van der Waals surface area contributed by atoms with Crippen molar-refractivity contribution in [2.75, 3.05) is 27.2 Å². The molecule has 0 radical (unpaired) electrons. The number of aliphatic hydroxyl groups excluding tert-OH is 1. The smallest absolute Gasteiger partial charge is 0.295 e. The molecule has 3 rings (SSSR count). The van der Waals surface area contributed by atoms with E-state index in [0.29, 0.717) is 12.1 Å². The summed E-state index contributed by atoms with van der Waals surface area (Å²) in [5, 5.41) is 12.7. The normalized spacial score (nSPS) is 19.5. The van der Waals surface area contributed by atoms with Gasteiger partial charge in [-0.3, -0.25) is 9.59 Å². The molecule has 6 heteroatoms. The maximum atomic E-state index is 12.7. The van der Waals surface area contributed by atoms with Crippen molar-refractivity contribution >= 4 is 28.8 Å². The predicted octanol–water partition coefficient (Wildman–Crippen LogP) is 3.12. The molecule has 136 valence electrons. The Hall–Kier alpha value is -2.44. The zero-order valence-electron chi connectivity index (χ0n) is 14.9. The van der Waals surface area contributed by atoms with Crippen LogP contribution in [0.15, 0.2) is 53.4 Å². The Bertz CT molecular complexity index is 813. The first-order chi connectivity index (χ1) is 12.5. The van der Waals surface area contributed by atoms with Gasteiger partial charge < -0.3 is 14.9 Å². The lowest BCUT2D eigenvalue weighted by Gasteiger charge is -2.24. The monoisotopic (exact) mass is 370 g/mol. The summed E-state index contributed by atoms with van der Waals surface area (Å²) in [6, 6.07) is 12.2. The van der Waals surface area contributed by atoms with Gasteiger partial charge in [0.25, 0.3) is 11.7 Å². The van der Waals surface area contributed by atoms with Crippen molar-refractivity contribution in [3.8, 4) is 0 Å². The fraction of sp³-hybridized carbons (Fsp3) is 0.300. The minimum atomic E-state index is -0.616. The van der Waals surface area contributed by atoms with E-state index in [1.165, 1.54) is 11.3 Å². The van der Waals surface area contributed by atoms with E-state index in [4.69, 9.17) is 0 Å². The van der Waals surface area contributed by atoms with E-state index in [1.54, 1.807) is 29.2 Å². The number of thiophene rings is 1. The second kappa shape index (κ2) is 7.85. The van der Waals surface area contributed by atoms with Gasteiger partial charge in [-0.1, -0.05) is 36.4 Å². The SMILES string of the molecule is CN(C)CCCN1C(=O)C(=O)C(=C(O)c2ccccc2)[C@H]1c1cccs1. The largest absolute Gasteiger partial charge is 0.507 e. The van der Waals surface area contributed by atoms with E-state index in [2.05, 4.69) is 0 Å². The van der Waals surface area contributed by atoms with Crippen molar-refractivity contribution in [2.24, 2.45) is 0 Å². The zero-order valence-corrected chi connectivity index (χ0v) is 15.7. The van der Waals surface area contributed by atoms with Crippen molar-refractivity contribution in [3.05, 3.63) is 63.9 Å². The van der Waals surface area contributed by atoms with Crippen LogP contribution < -0.4 is 0 Å². The summed E-state index contributed by atoms with van der Waals surface area (Å²) in [6.45, 7) is 1.29. The van der Waals surface area contributed by atoms with Crippen molar-refractivity contribution in [2.45, 2.75) is 12.5 Å². The van der Waals surface area contributed by atoms with Gasteiger partial charge in [0.2, 0.25) is 0 Å². The Morgan fingerprint density at radius 1 is 1.15 bits per heavy atom. The summed E-state index contributed by atoms with van der Waals surface area (Å²) in [5.74, 6) is -1.27. The molecule has 26 heavy (non-hydrogen) atoms. The summed E-state index contributed by atoms with van der Waals surface area (Å²) < 4.78 is 0. The number of benzene rings is 1. The van der Waals surface area contributed by atoms with Gasteiger partial charge in [0.05, 0.1) is 11.6 Å². The predicted molar refractivity (Wildman–Crippen MR) is 103 cm³/mol. The Balaban J connectivity index is 2.02. The third-order valence-electron chi connectivity index (χ3n) is 4.40. The second-order valence-corrected chi connectivity index (χ2v) is 7.51. The van der Waals surface area contributed by atoms with Crippen LogP contribution in [0.25, 0.3) is 5.76 Å². The fourth-order valence-corrected chi connectivity index (χ4v) is 4.01. The lowest BCUT2D eigenvalue weighted by atomic mass is 10.00. The van der Waals surface area contributed by atoms with Gasteiger partial charge in [0.1, 0.15) is 5.76 Å². The lowest BCUT2D eigenvalue weighted by molar-refractivity contribution is -0.139. The van der Waals surface area contributed by atoms with E-state index in [1.807, 2.05) is 42.6 Å². The van der Waals surface area contributed by atoms with Gasteiger partial charge in [-0.15, -0.1) is 11.3 Å². The molecule has 1 saturated heterocycles. The number of rotatable bonds is 6. The number of aliphatic hydroxyl groups is 1. The van der Waals surface area contributed by atoms with Crippen LogP contribution in [0.4, 0.5) is 0 Å². The van der Waals surface area contributed by atoms with Gasteiger partial charge in [0, 0.05) is 17.0 Å². The molecule has 5 nitrogen and oxygen atoms in total. The average molecular weight is 370 g/mol. The Labute approximate surface area is 157 Å². The highest BCUT2D eigenvalue weighted by molar-refractivity contribution is 7.10. The van der Waals surface area contributed by atoms with E-state index in [0.717, 1.165) is 17.8 Å². The van der Waals surface area contributed by atoms with E-state index in [9.17, 15) is 14.7 Å². The number of hydrogen-bond donors (Lipinski definition) is 1. The lowest BCUT2D eigenvalue weighted by Crippen LogP contribution is -2.32. The van der Waals surface area contributed by atoms with Crippen LogP contribution in [0, 0.1) is 0 Å². The molecule has 2 heterocycles. The summed E-state index contributed by atoms with van der Waals surface area (Å²) in [7, 11) is 3.94. The Morgan fingerprint density at radius 2 is 1.88 bits per heavy atom. The molecule has 2 aromatic rings. The molecule has 0 aliphatic carbocycles. The van der Waals surface area contributed by atoms with Crippen LogP contribution in [0.3, 0.4) is 0 Å². The number of carbonyl (C=O) groups is 2. The summed E-state index contributed by atoms with van der Waals surface area (Å²) in [4.78, 5) is 29.9. The molecular formula is C20H22N2O3S. The Morgan fingerprint density at radius 3 is 2.50 bits per heavy atom. The zero-order chi connectivity index (χ0) is 18.7. The minimum Gasteiger partial charge on any atom is -0.507 e. The highest BCUT2D eigenvalue weighted by atomic mass is 32.1. The molecule has 1 aliphatic rings. The van der Waals surface area contributed by atoms with Crippen LogP contribution in [-0.2, 0) is 9.59 Å². The van der Waals surface area contributed by atoms with Crippen LogP contribution in [-0.4, -0.2) is 53.8 Å². The molecule has 1 N–H and O–H groups in total. The average Bonchev–Trinajstić information content (AvgIpc) is 3.24. The van der Waals surface area contributed by atoms with Crippen LogP contribution in [0.1, 0.15) is 22.9 Å². The molecule has 0 unspecified atom stereocenters. The Kier molecular flexibility index (Phi) is 5.54. The standard InChI is InChI=1S/C20H22N2O3S/c1-21(2)11-7-12-22-17(15-10-6-13-26-15)16(19(24)20(22)25)18(23)14-8-4-3-5-9-14/h3-6,8-10,13,17,23H,7,11-12H2,1-2H3/t17-/m1/s1. The number of likely N-dealkylation sites (tertiary alicyclic amines) is 1. The van der Waals surface area contributed by atoms with Gasteiger partial charge in [-0.2, -0.15) is 0 Å². The van der Waals surface area contributed by atoms with Crippen LogP contribution in [0.5, 0.6) is 0 Å². The second-order valence-electron chi connectivity index (χ2n) is 6.53. The summed E-state index contributed by atoms with van der Waals surface area (Å²) in [6.07, 6.45) is 0.757. The molecular weight excluding hydrogens is 348 g/mol. The molecule has 1 aliphatic heterocycles. The molecule has 1 fully saturated rings. The first kappa shape index (κ1) is 18.4. The molecule has 1 atom stereocenters. The van der Waals surface area contributed by atoms with Crippen LogP contribution >= 0.6 is 11.3 Å². The number of amides is 1. The topological polar surface area (TPSA) is 60.9 Å². The van der Waals surface area contributed by atoms with Gasteiger partial charge in [0.15, 0.2) is 0 Å². The van der Waals surface area contributed by atoms with Crippen molar-refractivity contribution in [1.29, 1.82) is 0 Å². The number of carbonyl (C=O) groups excluding carboxylic acids is 2. The number of Topliss-reactive ketones (excluding diaryl/α,β-unsaturated/α-hetero) is 1. The molecule has 0 bridgehead atoms. The molecule has 0 saturated carbocycles. The van der Waals surface area contributed by atoms with Crippen LogP contribution in [0.2, 0.25) is 0 Å². The first-order valence-corrected chi connectivity index (χ1v) is 9.40. The summed E-state index contributed by atoms with van der Waals surface area (Å²) in [5.41, 5.74) is 0.717. The number of nitrogens with zero attached hydrogens (tertiary/aromatic N) is 2. The third-order valence-corrected chi connectivity index (χ3v) is 5.33. The highest BCUT2D eigenvalue weighted by Gasteiger charge is 2.46. The number of hydrogen-bond acceptors (Lipinski definition) is 5. The maximum Gasteiger partial charge on any atom is 0.295 e. The molecule has 1 aromatic heterocycles. The maximum absolute atomic E-state index is 12.7. The minimum absolute atomic E-state index is 0.113. The third kappa shape index (κ3) is 3.57. The quantitative estimate of drug-likeness (QED) is 0.482. The van der Waals surface area contributed by atoms with Crippen molar-refractivity contribution < 1.29 is 14.7 Å². The van der Waals surface area contributed by atoms with Gasteiger partial charge in [-0.05, 0) is 38.5 Å². The summed E-state index contributed by atoms with van der Waals surface area (Å²) >= 11 is 1.48. The van der Waals surface area contributed by atoms with Crippen molar-refractivity contribution in [3.63, 3.8) is 0 Å². The molecule has 1 aromatic carbocycles. The highest BCUT2D eigenvalue weighted by Crippen LogP contribution is 2.40. The van der Waals surface area contributed by atoms with Gasteiger partial charge >= 0.3 is 0 Å². The van der Waals surface area contributed by atoms with E-state index in [-0.39, 0.29) is 11.3 Å².